The van der Waals surface area contributed by atoms with Crippen molar-refractivity contribution in [2.75, 3.05) is 0 Å². The van der Waals surface area contributed by atoms with Gasteiger partial charge in [-0.1, -0.05) is 109 Å². The van der Waals surface area contributed by atoms with Gasteiger partial charge in [-0.25, -0.2) is 0 Å². The van der Waals surface area contributed by atoms with Gasteiger partial charge in [-0.3, -0.25) is 0 Å². The Morgan fingerprint density at radius 3 is 1.93 bits per heavy atom. The molecule has 2 aliphatic rings. The molecular formula is C54H30BNO4. The van der Waals surface area contributed by atoms with Gasteiger partial charge in [0.2, 0.25) is 0 Å². The standard InChI is InChI=1S/C54H30BNO4/c1-5-16-45-36(10-1)37-11-2-6-17-46(37)56(45)34-22-25-49-42(30-34)40-14-9-13-35(54(40)59-49)33-27-43-39-23-20-32(31-21-24-48-41(26-31)38-12-3-7-18-47(38)57-48)28-51(39)60-55-44-15-4-8-19-50(44)58-52(29-33)53(43)55/h1-30H. The second kappa shape index (κ2) is 11.8. The number of para-hydroxylation sites is 5. The first-order valence-electron chi connectivity index (χ1n) is 20.3. The van der Waals surface area contributed by atoms with E-state index in [1.165, 1.54) is 21.8 Å². The second-order valence-electron chi connectivity index (χ2n) is 15.9. The Morgan fingerprint density at radius 1 is 0.383 bits per heavy atom. The van der Waals surface area contributed by atoms with Crippen LogP contribution in [0.15, 0.2) is 191 Å². The van der Waals surface area contributed by atoms with E-state index in [0.29, 0.717) is 0 Å². The minimum absolute atomic E-state index is 0.321. The monoisotopic (exact) mass is 767 g/mol. The maximum absolute atomic E-state index is 7.00. The predicted molar refractivity (Wildman–Crippen MR) is 244 cm³/mol. The summed E-state index contributed by atoms with van der Waals surface area (Å²) in [4.78, 5) is 0. The van der Waals surface area contributed by atoms with Crippen molar-refractivity contribution in [1.29, 1.82) is 0 Å². The largest absolute Gasteiger partial charge is 0.551 e. The fraction of sp³-hybridized carbons (Fsp3) is 0. The fourth-order valence-corrected chi connectivity index (χ4v) is 9.95. The van der Waals surface area contributed by atoms with E-state index in [2.05, 4.69) is 162 Å². The Bertz CT molecular complexity index is 3760. The zero-order valence-corrected chi connectivity index (χ0v) is 32.0. The number of benzene rings is 9. The average molecular weight is 768 g/mol. The van der Waals surface area contributed by atoms with Crippen LogP contribution in [0, 0.1) is 0 Å². The Balaban J connectivity index is 0.936. The highest BCUT2D eigenvalue weighted by Gasteiger charge is 2.41. The highest BCUT2D eigenvalue weighted by molar-refractivity contribution is 6.84. The van der Waals surface area contributed by atoms with Crippen LogP contribution >= 0.6 is 0 Å². The first-order valence-corrected chi connectivity index (χ1v) is 20.3. The molecule has 6 heteroatoms. The van der Waals surface area contributed by atoms with Crippen LogP contribution in [-0.4, -0.2) is 11.5 Å². The molecule has 0 spiro atoms. The molecule has 2 aliphatic heterocycles. The molecule has 0 unspecified atom stereocenters. The number of hydrogen-bond acceptors (Lipinski definition) is 4. The minimum Gasteiger partial charge on any atom is -0.551 e. The summed E-state index contributed by atoms with van der Waals surface area (Å²) in [6.45, 7) is -0.321. The van der Waals surface area contributed by atoms with Crippen LogP contribution in [0.3, 0.4) is 0 Å². The van der Waals surface area contributed by atoms with Crippen LogP contribution in [0.25, 0.3) is 105 Å². The molecule has 0 N–H and O–H groups in total. The fourth-order valence-electron chi connectivity index (χ4n) is 9.95. The molecule has 0 fully saturated rings. The highest BCUT2D eigenvalue weighted by atomic mass is 16.5. The first kappa shape index (κ1) is 32.1. The third-order valence-corrected chi connectivity index (χ3v) is 12.7. The third-order valence-electron chi connectivity index (χ3n) is 12.7. The van der Waals surface area contributed by atoms with E-state index < -0.39 is 0 Å². The number of furan rings is 2. The molecule has 278 valence electrons. The van der Waals surface area contributed by atoms with Crippen molar-refractivity contribution in [3.05, 3.63) is 182 Å². The lowest BCUT2D eigenvalue weighted by molar-refractivity contribution is 0.479. The minimum atomic E-state index is -0.321. The molecule has 0 aliphatic carbocycles. The van der Waals surface area contributed by atoms with Gasteiger partial charge < -0.3 is 22.8 Å². The van der Waals surface area contributed by atoms with E-state index in [-0.39, 0.29) is 6.92 Å². The van der Waals surface area contributed by atoms with Crippen LogP contribution in [0.2, 0.25) is 0 Å². The normalized spacial score (nSPS) is 12.9. The van der Waals surface area contributed by atoms with Crippen molar-refractivity contribution >= 4 is 83.5 Å². The van der Waals surface area contributed by atoms with Gasteiger partial charge in [0.25, 0.3) is 0 Å². The lowest BCUT2D eigenvalue weighted by atomic mass is 9.50. The maximum atomic E-state index is 7.00. The number of hydrogen-bond donors (Lipinski definition) is 0. The molecule has 12 aromatic rings. The number of fused-ring (bicyclic) bond motifs is 13. The third kappa shape index (κ3) is 4.42. The summed E-state index contributed by atoms with van der Waals surface area (Å²) in [6, 6.07) is 64.1. The zero-order valence-electron chi connectivity index (χ0n) is 32.0. The summed E-state index contributed by atoms with van der Waals surface area (Å²) in [5, 5.41) is 6.83. The van der Waals surface area contributed by atoms with Gasteiger partial charge in [-0.05, 0) is 95.1 Å². The van der Waals surface area contributed by atoms with Crippen LogP contribution < -0.4 is 20.3 Å². The van der Waals surface area contributed by atoms with Crippen molar-refractivity contribution in [3.8, 4) is 56.3 Å². The van der Waals surface area contributed by atoms with E-state index in [1.807, 2.05) is 24.3 Å². The molecule has 60 heavy (non-hydrogen) atoms. The number of ether oxygens (including phenoxy) is 1. The van der Waals surface area contributed by atoms with E-state index in [0.717, 1.165) is 111 Å². The molecule has 0 radical (unpaired) electrons. The van der Waals surface area contributed by atoms with Gasteiger partial charge in [0, 0.05) is 60.1 Å². The van der Waals surface area contributed by atoms with Gasteiger partial charge in [-0.2, -0.15) is 0 Å². The summed E-state index contributed by atoms with van der Waals surface area (Å²) >= 11 is 0. The van der Waals surface area contributed by atoms with E-state index in [9.17, 15) is 0 Å². The van der Waals surface area contributed by atoms with Gasteiger partial charge in [0.15, 0.2) is 0 Å². The maximum Gasteiger partial charge on any atom is 0.434 e. The molecule has 0 bridgehead atoms. The second-order valence-corrected chi connectivity index (χ2v) is 15.9. The number of aromatic nitrogens is 1. The van der Waals surface area contributed by atoms with Crippen LogP contribution in [0.1, 0.15) is 0 Å². The van der Waals surface area contributed by atoms with Crippen molar-refractivity contribution < 1.29 is 18.2 Å². The van der Waals surface area contributed by atoms with E-state index >= 15 is 0 Å². The van der Waals surface area contributed by atoms with Gasteiger partial charge in [0.05, 0.1) is 11.0 Å². The van der Waals surface area contributed by atoms with Gasteiger partial charge >= 0.3 is 6.92 Å². The van der Waals surface area contributed by atoms with Gasteiger partial charge in [0.1, 0.15) is 39.6 Å². The predicted octanol–water partition coefficient (Wildman–Crippen LogP) is 13.2. The summed E-state index contributed by atoms with van der Waals surface area (Å²) in [5.74, 6) is 2.43. The van der Waals surface area contributed by atoms with Gasteiger partial charge in [-0.15, -0.1) is 0 Å². The van der Waals surface area contributed by atoms with Crippen molar-refractivity contribution in [1.82, 2.24) is 4.57 Å². The van der Waals surface area contributed by atoms with Crippen molar-refractivity contribution in [3.63, 3.8) is 0 Å². The van der Waals surface area contributed by atoms with Crippen LogP contribution in [0.5, 0.6) is 17.2 Å². The smallest absolute Gasteiger partial charge is 0.434 e. The quantitative estimate of drug-likeness (QED) is 0.168. The molecule has 5 nitrogen and oxygen atoms in total. The first-order chi connectivity index (χ1) is 29.7. The molecule has 0 amide bonds. The molecule has 0 atom stereocenters. The Hall–Kier alpha value is -7.96. The van der Waals surface area contributed by atoms with E-state index in [4.69, 9.17) is 18.2 Å². The number of nitrogens with zero attached hydrogens (tertiary/aromatic N) is 1. The average Bonchev–Trinajstić information content (AvgIpc) is 3.98. The molecule has 14 rings (SSSR count). The Kier molecular flexibility index (Phi) is 6.31. The summed E-state index contributed by atoms with van der Waals surface area (Å²) in [5.41, 5.74) is 15.3. The molecule has 9 aromatic carbocycles. The SMILES string of the molecule is c1ccc2c(c1)Oc1cc(-c3cccc4c3oc3ccc(-n5c6ccccc6c6ccccc65)cc34)cc3c1B2Oc1cc(-c2ccc4oc5ccccc5c4c2)ccc1-3. The highest BCUT2D eigenvalue weighted by Crippen LogP contribution is 2.46. The lowest BCUT2D eigenvalue weighted by Crippen LogP contribution is -2.53. The molecular weight excluding hydrogens is 737 g/mol. The van der Waals surface area contributed by atoms with Crippen LogP contribution in [0.4, 0.5) is 0 Å². The Labute approximate surface area is 343 Å². The topological polar surface area (TPSA) is 49.7 Å². The summed E-state index contributed by atoms with van der Waals surface area (Å²) in [7, 11) is 0. The lowest BCUT2D eigenvalue weighted by Gasteiger charge is -2.33. The molecule has 0 saturated carbocycles. The molecule has 0 saturated heterocycles. The van der Waals surface area contributed by atoms with Crippen molar-refractivity contribution in [2.45, 2.75) is 0 Å². The number of rotatable bonds is 3. The Morgan fingerprint density at radius 2 is 1.05 bits per heavy atom. The van der Waals surface area contributed by atoms with E-state index in [1.54, 1.807) is 0 Å². The zero-order chi connectivity index (χ0) is 39.1. The van der Waals surface area contributed by atoms with Crippen LogP contribution in [-0.2, 0) is 0 Å². The summed E-state index contributed by atoms with van der Waals surface area (Å²) in [6.07, 6.45) is 0. The molecule has 3 aromatic heterocycles. The van der Waals surface area contributed by atoms with Crippen molar-refractivity contribution in [2.24, 2.45) is 0 Å². The molecule has 5 heterocycles. The summed E-state index contributed by atoms with van der Waals surface area (Å²) < 4.78 is 29.0.